The van der Waals surface area contributed by atoms with Crippen molar-refractivity contribution in [2.75, 3.05) is 33.8 Å². The Morgan fingerprint density at radius 3 is 2.57 bits per heavy atom. The molecule has 1 aliphatic heterocycles. The van der Waals surface area contributed by atoms with Gasteiger partial charge in [0.1, 0.15) is 18.7 Å². The topological polar surface area (TPSA) is 29.5 Å². The third-order valence-corrected chi connectivity index (χ3v) is 3.31. The lowest BCUT2D eigenvalue weighted by Crippen LogP contribution is -2.55. The number of cyclic esters (lactones) is 1. The fourth-order valence-electron chi connectivity index (χ4n) is 1.69. The number of carbonyl (C=O) groups excluding carboxylic acids is 1. The lowest BCUT2D eigenvalue weighted by molar-refractivity contribution is -0.892. The molecule has 1 saturated heterocycles. The van der Waals surface area contributed by atoms with Gasteiger partial charge in [-0.1, -0.05) is 0 Å². The van der Waals surface area contributed by atoms with Gasteiger partial charge in [0.15, 0.2) is 0 Å². The summed E-state index contributed by atoms with van der Waals surface area (Å²) in [6.07, 6.45) is -0.440. The average molecular weight is 222 g/mol. The number of ether oxygens (including phenoxy) is 1. The van der Waals surface area contributed by atoms with Crippen LogP contribution in [0.5, 0.6) is 0 Å². The van der Waals surface area contributed by atoms with E-state index in [2.05, 4.69) is 21.0 Å². The molecule has 0 bridgehead atoms. The number of halogens is 1. The molecule has 0 saturated carbocycles. The van der Waals surface area contributed by atoms with E-state index in [4.69, 9.17) is 16.5 Å². The molecular formula is C9H18ClN2O2+. The summed E-state index contributed by atoms with van der Waals surface area (Å²) in [6, 6.07) is 0. The van der Waals surface area contributed by atoms with Gasteiger partial charge in [0.25, 0.3) is 0 Å². The van der Waals surface area contributed by atoms with Crippen LogP contribution in [0.4, 0.5) is 4.79 Å². The molecule has 4 nitrogen and oxygen atoms in total. The number of hydrogen-bond acceptors (Lipinski definition) is 2. The van der Waals surface area contributed by atoms with Crippen molar-refractivity contribution in [3.63, 3.8) is 0 Å². The lowest BCUT2D eigenvalue weighted by Gasteiger charge is -2.36. The van der Waals surface area contributed by atoms with Gasteiger partial charge in [-0.2, -0.15) is 0 Å². The second-order valence-electron chi connectivity index (χ2n) is 4.74. The first kappa shape index (κ1) is 11.6. The Hall–Kier alpha value is -0.480. The van der Waals surface area contributed by atoms with Crippen molar-refractivity contribution in [2.24, 2.45) is 0 Å². The first-order valence-electron chi connectivity index (χ1n) is 4.75. The van der Waals surface area contributed by atoms with Crippen LogP contribution in [-0.2, 0) is 4.74 Å². The van der Waals surface area contributed by atoms with E-state index in [0.717, 1.165) is 17.6 Å². The Kier molecular flexibility index (Phi) is 2.97. The molecule has 0 aromatic carbocycles. The van der Waals surface area contributed by atoms with Crippen molar-refractivity contribution < 1.29 is 14.0 Å². The molecule has 0 spiro atoms. The maximum absolute atomic E-state index is 11.1. The Balaban J connectivity index is 2.72. The van der Waals surface area contributed by atoms with Crippen LogP contribution in [0.15, 0.2) is 0 Å². The highest BCUT2D eigenvalue weighted by Gasteiger charge is 2.47. The number of quaternary nitrogens is 1. The minimum absolute atomic E-state index is 0.372. The zero-order valence-corrected chi connectivity index (χ0v) is 9.97. The lowest BCUT2D eigenvalue weighted by atomic mass is 10.0. The fraction of sp³-hybridized carbons (Fsp3) is 0.889. The van der Waals surface area contributed by atoms with Crippen LogP contribution in [0.2, 0.25) is 0 Å². The van der Waals surface area contributed by atoms with Crippen molar-refractivity contribution in [1.29, 1.82) is 0 Å². The van der Waals surface area contributed by atoms with Crippen molar-refractivity contribution in [3.8, 4) is 0 Å². The van der Waals surface area contributed by atoms with Crippen molar-refractivity contribution in [3.05, 3.63) is 0 Å². The molecule has 1 unspecified atom stereocenters. The molecule has 1 aliphatic rings. The number of nitrogens with zero attached hydrogens (tertiary/aromatic N) is 2. The molecule has 1 rings (SSSR count). The van der Waals surface area contributed by atoms with Gasteiger partial charge in [-0.3, -0.25) is 0 Å². The van der Waals surface area contributed by atoms with Crippen molar-refractivity contribution in [1.82, 2.24) is 4.42 Å². The zero-order chi connectivity index (χ0) is 11.0. The summed E-state index contributed by atoms with van der Waals surface area (Å²) >= 11 is 5.88. The van der Waals surface area contributed by atoms with Gasteiger partial charge in [-0.05, 0) is 13.8 Å². The van der Waals surface area contributed by atoms with E-state index in [-0.39, 0.29) is 0 Å². The highest BCUT2D eigenvalue weighted by molar-refractivity contribution is 6.21. The molecule has 0 aliphatic carbocycles. The van der Waals surface area contributed by atoms with Crippen LogP contribution in [-0.4, -0.2) is 54.3 Å². The largest absolute Gasteiger partial charge is 0.446 e. The normalized spacial score (nSPS) is 28.1. The first-order chi connectivity index (χ1) is 6.31. The van der Waals surface area contributed by atoms with Crippen LogP contribution in [0.1, 0.15) is 13.8 Å². The van der Waals surface area contributed by atoms with Gasteiger partial charge >= 0.3 is 6.09 Å². The average Bonchev–Trinajstić information content (AvgIpc) is 2.33. The Bertz CT molecular complexity index is 245. The summed E-state index contributed by atoms with van der Waals surface area (Å²) in [5.74, 6) is 0. The van der Waals surface area contributed by atoms with E-state index in [1.54, 1.807) is 0 Å². The molecule has 0 aromatic heterocycles. The SMILES string of the molecule is CC[N+](C)(C)CC1(C)COC(=O)N1Cl. The monoisotopic (exact) mass is 221 g/mol. The van der Waals surface area contributed by atoms with Crippen LogP contribution in [0.25, 0.3) is 0 Å². The standard InChI is InChI=1S/C9H18ClN2O2/c1-5-12(3,4)6-9(2)7-14-8(13)11(9)10/h5-7H2,1-4H3/q+1. The van der Waals surface area contributed by atoms with E-state index in [1.807, 2.05) is 6.92 Å². The summed E-state index contributed by atoms with van der Waals surface area (Å²) in [7, 11) is 4.22. The third-order valence-electron chi connectivity index (χ3n) is 2.77. The van der Waals surface area contributed by atoms with Gasteiger partial charge in [0, 0.05) is 11.8 Å². The second kappa shape index (κ2) is 3.59. The van der Waals surface area contributed by atoms with E-state index >= 15 is 0 Å². The quantitative estimate of drug-likeness (QED) is 0.533. The fourth-order valence-corrected chi connectivity index (χ4v) is 1.84. The molecule has 1 fully saturated rings. The predicted octanol–water partition coefficient (Wildman–Crippen LogP) is 1.45. The van der Waals surface area contributed by atoms with Crippen molar-refractivity contribution >= 4 is 17.9 Å². The molecular weight excluding hydrogens is 204 g/mol. The number of amides is 1. The molecule has 0 N–H and O–H groups in total. The zero-order valence-electron chi connectivity index (χ0n) is 9.21. The Labute approximate surface area is 90.1 Å². The van der Waals surface area contributed by atoms with Gasteiger partial charge < -0.3 is 9.22 Å². The van der Waals surface area contributed by atoms with Crippen LogP contribution >= 0.6 is 11.8 Å². The number of carbonyl (C=O) groups is 1. The maximum Gasteiger partial charge on any atom is 0.425 e. The summed E-state index contributed by atoms with van der Waals surface area (Å²) in [5, 5.41) is 0. The molecule has 82 valence electrons. The number of hydrogen-bond donors (Lipinski definition) is 0. The van der Waals surface area contributed by atoms with E-state index < -0.39 is 11.6 Å². The molecule has 1 heterocycles. The predicted molar refractivity (Wildman–Crippen MR) is 55.0 cm³/mol. The summed E-state index contributed by atoms with van der Waals surface area (Å²) in [5.41, 5.74) is -0.391. The van der Waals surface area contributed by atoms with E-state index in [0.29, 0.717) is 6.61 Å². The van der Waals surface area contributed by atoms with E-state index in [1.165, 1.54) is 4.42 Å². The van der Waals surface area contributed by atoms with Gasteiger partial charge in [0.2, 0.25) is 0 Å². The highest BCUT2D eigenvalue weighted by atomic mass is 35.5. The molecule has 14 heavy (non-hydrogen) atoms. The van der Waals surface area contributed by atoms with Crippen LogP contribution in [0.3, 0.4) is 0 Å². The maximum atomic E-state index is 11.1. The summed E-state index contributed by atoms with van der Waals surface area (Å²) in [4.78, 5) is 11.1. The van der Waals surface area contributed by atoms with Crippen LogP contribution in [0, 0.1) is 0 Å². The molecule has 0 aromatic rings. The minimum Gasteiger partial charge on any atom is -0.446 e. The molecule has 0 radical (unpaired) electrons. The van der Waals surface area contributed by atoms with Crippen molar-refractivity contribution in [2.45, 2.75) is 19.4 Å². The van der Waals surface area contributed by atoms with Crippen LogP contribution < -0.4 is 0 Å². The minimum atomic E-state index is -0.440. The first-order valence-corrected chi connectivity index (χ1v) is 5.09. The third kappa shape index (κ3) is 2.12. The second-order valence-corrected chi connectivity index (χ2v) is 5.08. The van der Waals surface area contributed by atoms with Gasteiger partial charge in [-0.15, -0.1) is 0 Å². The molecule has 1 atom stereocenters. The summed E-state index contributed by atoms with van der Waals surface area (Å²) in [6.45, 7) is 6.21. The summed E-state index contributed by atoms with van der Waals surface area (Å²) < 4.78 is 6.92. The van der Waals surface area contributed by atoms with Gasteiger partial charge in [0.05, 0.1) is 20.6 Å². The molecule has 5 heteroatoms. The van der Waals surface area contributed by atoms with Gasteiger partial charge in [-0.25, -0.2) is 9.21 Å². The number of rotatable bonds is 3. The highest BCUT2D eigenvalue weighted by Crippen LogP contribution is 2.28. The van der Waals surface area contributed by atoms with E-state index in [9.17, 15) is 4.79 Å². The Morgan fingerprint density at radius 1 is 1.64 bits per heavy atom. The molecule has 1 amide bonds. The number of likely N-dealkylation sites (N-methyl/N-ethyl adjacent to an activating group) is 1. The Morgan fingerprint density at radius 2 is 2.21 bits per heavy atom. The smallest absolute Gasteiger partial charge is 0.425 e.